The summed E-state index contributed by atoms with van der Waals surface area (Å²) in [5, 5.41) is 4.67. The van der Waals surface area contributed by atoms with Gasteiger partial charge in [0, 0.05) is 17.8 Å². The van der Waals surface area contributed by atoms with Gasteiger partial charge in [-0.1, -0.05) is 18.2 Å². The molecule has 5 heteroatoms. The molecule has 0 spiro atoms. The van der Waals surface area contributed by atoms with E-state index < -0.39 is 0 Å². The van der Waals surface area contributed by atoms with Gasteiger partial charge in [0.05, 0.1) is 36.6 Å². The van der Waals surface area contributed by atoms with E-state index in [9.17, 15) is 4.79 Å². The summed E-state index contributed by atoms with van der Waals surface area (Å²) in [5.41, 5.74) is 4.07. The lowest BCUT2D eigenvalue weighted by molar-refractivity contribution is -0.143. The van der Waals surface area contributed by atoms with Gasteiger partial charge in [0.2, 0.25) is 5.91 Å². The first-order chi connectivity index (χ1) is 12.1. The van der Waals surface area contributed by atoms with Crippen molar-refractivity contribution >= 4 is 5.91 Å². The summed E-state index contributed by atoms with van der Waals surface area (Å²) in [6.07, 6.45) is 3.97. The molecule has 1 aliphatic carbocycles. The van der Waals surface area contributed by atoms with E-state index in [0.717, 1.165) is 41.9 Å². The maximum atomic E-state index is 13.0. The number of ether oxygens (including phenoxy) is 1. The number of fused-ring (bicyclic) bond motifs is 1. The minimum absolute atomic E-state index is 0.207. The molecular weight excluding hydrogens is 314 g/mol. The normalized spacial score (nSPS) is 22.9. The number of rotatable bonds is 3. The second-order valence-electron chi connectivity index (χ2n) is 7.07. The Morgan fingerprint density at radius 1 is 1.24 bits per heavy atom. The Bertz CT molecular complexity index is 769. The summed E-state index contributed by atoms with van der Waals surface area (Å²) in [5.74, 6) is 0.207. The number of aromatic nitrogens is 2. The molecule has 2 atom stereocenters. The Morgan fingerprint density at radius 2 is 2.04 bits per heavy atom. The lowest BCUT2D eigenvalue weighted by atomic mass is 10.1. The minimum atomic E-state index is 0.207. The molecule has 2 fully saturated rings. The highest BCUT2D eigenvalue weighted by atomic mass is 16.5. The first-order valence-corrected chi connectivity index (χ1v) is 9.16. The predicted octanol–water partition coefficient (Wildman–Crippen LogP) is 2.81. The third-order valence-corrected chi connectivity index (χ3v) is 5.57. The van der Waals surface area contributed by atoms with Crippen LogP contribution in [0.1, 0.15) is 36.2 Å². The quantitative estimate of drug-likeness (QED) is 0.864. The Balaban J connectivity index is 1.56. The van der Waals surface area contributed by atoms with Gasteiger partial charge >= 0.3 is 0 Å². The molecule has 0 unspecified atom stereocenters. The SMILES string of the molecule is Cc1nn(-c2ccccc2)c(C)c1CC(=O)N1CCO[C@@H]2CCC[C@H]21. The van der Waals surface area contributed by atoms with Crippen molar-refractivity contribution in [2.45, 2.75) is 51.7 Å². The van der Waals surface area contributed by atoms with Crippen LogP contribution >= 0.6 is 0 Å². The zero-order valence-corrected chi connectivity index (χ0v) is 14.9. The number of hydrogen-bond acceptors (Lipinski definition) is 3. The van der Waals surface area contributed by atoms with Gasteiger partial charge in [-0.25, -0.2) is 4.68 Å². The Hall–Kier alpha value is -2.14. The molecule has 0 bridgehead atoms. The molecule has 0 N–H and O–H groups in total. The largest absolute Gasteiger partial charge is 0.374 e. The highest BCUT2D eigenvalue weighted by Crippen LogP contribution is 2.30. The number of aryl methyl sites for hydroxylation is 1. The highest BCUT2D eigenvalue weighted by Gasteiger charge is 2.38. The van der Waals surface area contributed by atoms with Crippen molar-refractivity contribution < 1.29 is 9.53 Å². The molecule has 4 rings (SSSR count). The monoisotopic (exact) mass is 339 g/mol. The number of hydrogen-bond donors (Lipinski definition) is 0. The number of amides is 1. The maximum Gasteiger partial charge on any atom is 0.227 e. The molecule has 1 saturated carbocycles. The topological polar surface area (TPSA) is 47.4 Å². The smallest absolute Gasteiger partial charge is 0.227 e. The van der Waals surface area contributed by atoms with Gasteiger partial charge in [-0.15, -0.1) is 0 Å². The molecule has 132 valence electrons. The summed E-state index contributed by atoms with van der Waals surface area (Å²) in [6.45, 7) is 5.42. The van der Waals surface area contributed by atoms with Gasteiger partial charge in [0.25, 0.3) is 0 Å². The van der Waals surface area contributed by atoms with E-state index in [1.807, 2.05) is 48.9 Å². The van der Waals surface area contributed by atoms with Crippen LogP contribution in [-0.2, 0) is 16.0 Å². The molecule has 2 aromatic rings. The summed E-state index contributed by atoms with van der Waals surface area (Å²) < 4.78 is 7.77. The molecule has 25 heavy (non-hydrogen) atoms. The van der Waals surface area contributed by atoms with Gasteiger partial charge < -0.3 is 9.64 Å². The van der Waals surface area contributed by atoms with E-state index in [-0.39, 0.29) is 18.1 Å². The molecule has 1 aliphatic heterocycles. The molecule has 2 aliphatic rings. The molecule has 2 heterocycles. The number of carbonyl (C=O) groups is 1. The van der Waals surface area contributed by atoms with Crippen molar-refractivity contribution in [2.24, 2.45) is 0 Å². The number of benzene rings is 1. The van der Waals surface area contributed by atoms with E-state index >= 15 is 0 Å². The van der Waals surface area contributed by atoms with Crippen LogP contribution < -0.4 is 0 Å². The van der Waals surface area contributed by atoms with Crippen LogP contribution in [0.4, 0.5) is 0 Å². The van der Waals surface area contributed by atoms with E-state index in [0.29, 0.717) is 19.6 Å². The summed E-state index contributed by atoms with van der Waals surface area (Å²) in [4.78, 5) is 15.0. The number of carbonyl (C=O) groups excluding carboxylic acids is 1. The minimum Gasteiger partial charge on any atom is -0.374 e. The maximum absolute atomic E-state index is 13.0. The van der Waals surface area contributed by atoms with Crippen molar-refractivity contribution in [2.75, 3.05) is 13.2 Å². The third kappa shape index (κ3) is 2.97. The molecule has 1 aromatic heterocycles. The molecule has 5 nitrogen and oxygen atoms in total. The standard InChI is InChI=1S/C20H25N3O2/c1-14-17(15(2)23(21-14)16-7-4-3-5-8-16)13-20(24)22-11-12-25-19-10-6-9-18(19)22/h3-5,7-8,18-19H,6,9-13H2,1-2H3/t18-,19-/m1/s1. The second kappa shape index (κ2) is 6.64. The van der Waals surface area contributed by atoms with Crippen LogP contribution in [0.5, 0.6) is 0 Å². The lowest BCUT2D eigenvalue weighted by Crippen LogP contribution is -2.51. The molecule has 1 saturated heterocycles. The van der Waals surface area contributed by atoms with Crippen LogP contribution in [0.25, 0.3) is 5.69 Å². The number of morpholine rings is 1. The van der Waals surface area contributed by atoms with Crippen LogP contribution in [-0.4, -0.2) is 45.9 Å². The highest BCUT2D eigenvalue weighted by molar-refractivity contribution is 5.80. The van der Waals surface area contributed by atoms with E-state index in [1.54, 1.807) is 0 Å². The first-order valence-electron chi connectivity index (χ1n) is 9.16. The predicted molar refractivity (Wildman–Crippen MR) is 95.8 cm³/mol. The van der Waals surface area contributed by atoms with Crippen molar-refractivity contribution in [1.29, 1.82) is 0 Å². The van der Waals surface area contributed by atoms with Crippen LogP contribution in [0.2, 0.25) is 0 Å². The Kier molecular flexibility index (Phi) is 4.34. The molecular formula is C20H25N3O2. The van der Waals surface area contributed by atoms with Crippen molar-refractivity contribution in [3.05, 3.63) is 47.3 Å². The van der Waals surface area contributed by atoms with E-state index in [4.69, 9.17) is 4.74 Å². The fraction of sp³-hybridized carbons (Fsp3) is 0.500. The van der Waals surface area contributed by atoms with Gasteiger partial charge in [-0.3, -0.25) is 4.79 Å². The second-order valence-corrected chi connectivity index (χ2v) is 7.07. The van der Waals surface area contributed by atoms with Gasteiger partial charge in [0.1, 0.15) is 0 Å². The average Bonchev–Trinajstić information content (AvgIpc) is 3.22. The summed E-state index contributed by atoms with van der Waals surface area (Å²) in [7, 11) is 0. The fourth-order valence-electron chi connectivity index (χ4n) is 4.24. The molecule has 1 amide bonds. The first kappa shape index (κ1) is 16.3. The van der Waals surface area contributed by atoms with Gasteiger partial charge in [0.15, 0.2) is 0 Å². The number of nitrogens with zero attached hydrogens (tertiary/aromatic N) is 3. The zero-order chi connectivity index (χ0) is 17.4. The number of para-hydroxylation sites is 1. The van der Waals surface area contributed by atoms with E-state index in [1.165, 1.54) is 0 Å². The third-order valence-electron chi connectivity index (χ3n) is 5.57. The van der Waals surface area contributed by atoms with Gasteiger partial charge in [-0.2, -0.15) is 5.10 Å². The lowest BCUT2D eigenvalue weighted by Gasteiger charge is -2.37. The van der Waals surface area contributed by atoms with Crippen LogP contribution in [0, 0.1) is 13.8 Å². The average molecular weight is 339 g/mol. The summed E-state index contributed by atoms with van der Waals surface area (Å²) in [6, 6.07) is 10.4. The fourth-order valence-corrected chi connectivity index (χ4v) is 4.24. The zero-order valence-electron chi connectivity index (χ0n) is 14.9. The van der Waals surface area contributed by atoms with Crippen molar-refractivity contribution in [3.8, 4) is 5.69 Å². The van der Waals surface area contributed by atoms with Gasteiger partial charge in [-0.05, 0) is 45.2 Å². The van der Waals surface area contributed by atoms with Crippen LogP contribution in [0.15, 0.2) is 30.3 Å². The Morgan fingerprint density at radius 3 is 2.84 bits per heavy atom. The van der Waals surface area contributed by atoms with Crippen molar-refractivity contribution in [3.63, 3.8) is 0 Å². The van der Waals surface area contributed by atoms with E-state index in [2.05, 4.69) is 10.00 Å². The molecule has 0 radical (unpaired) electrons. The van der Waals surface area contributed by atoms with Crippen molar-refractivity contribution in [1.82, 2.24) is 14.7 Å². The summed E-state index contributed by atoms with van der Waals surface area (Å²) >= 11 is 0. The van der Waals surface area contributed by atoms with Crippen LogP contribution in [0.3, 0.4) is 0 Å². The molecule has 1 aromatic carbocycles. The Labute approximate surface area is 148 Å².